The van der Waals surface area contributed by atoms with Gasteiger partial charge in [-0.1, -0.05) is 23.9 Å². The number of benzene rings is 1. The minimum atomic E-state index is 0.165. The largest absolute Gasteiger partial charge is 0.293 e. The summed E-state index contributed by atoms with van der Waals surface area (Å²) in [7, 11) is 0. The van der Waals surface area contributed by atoms with Crippen molar-refractivity contribution < 1.29 is 4.79 Å². The minimum Gasteiger partial charge on any atom is -0.293 e. The van der Waals surface area contributed by atoms with Gasteiger partial charge in [-0.2, -0.15) is 0 Å². The van der Waals surface area contributed by atoms with E-state index in [4.69, 9.17) is 0 Å². The van der Waals surface area contributed by atoms with Gasteiger partial charge in [-0.05, 0) is 42.5 Å². The van der Waals surface area contributed by atoms with Crippen molar-refractivity contribution in [2.75, 3.05) is 5.75 Å². The molecule has 3 rings (SSSR count). The molecule has 3 nitrogen and oxygen atoms in total. The molecule has 4 heteroatoms. The zero-order valence-corrected chi connectivity index (χ0v) is 11.3. The molecule has 0 bridgehead atoms. The van der Waals surface area contributed by atoms with E-state index in [1.54, 1.807) is 6.20 Å². The molecule has 1 aromatic carbocycles. The van der Waals surface area contributed by atoms with E-state index < -0.39 is 0 Å². The smallest absolute Gasteiger partial charge is 0.173 e. The van der Waals surface area contributed by atoms with Gasteiger partial charge in [-0.3, -0.25) is 4.79 Å². The first-order chi connectivity index (χ1) is 9.33. The summed E-state index contributed by atoms with van der Waals surface area (Å²) in [5.74, 6) is 0.591. The quantitative estimate of drug-likeness (QED) is 0.487. The van der Waals surface area contributed by atoms with Crippen molar-refractivity contribution in [3.8, 4) is 0 Å². The van der Waals surface area contributed by atoms with Crippen LogP contribution in [0.3, 0.4) is 0 Å². The van der Waals surface area contributed by atoms with Crippen LogP contribution in [0.25, 0.3) is 0 Å². The number of hydrogen-bond donors (Lipinski definition) is 0. The van der Waals surface area contributed by atoms with Crippen LogP contribution < -0.4 is 0 Å². The van der Waals surface area contributed by atoms with Crippen LogP contribution >= 0.6 is 11.8 Å². The summed E-state index contributed by atoms with van der Waals surface area (Å²) in [5.41, 5.74) is 3.57. The maximum absolute atomic E-state index is 12.2. The van der Waals surface area contributed by atoms with Crippen LogP contribution in [-0.2, 0) is 12.8 Å². The molecule has 0 aliphatic heterocycles. The van der Waals surface area contributed by atoms with Gasteiger partial charge in [0.2, 0.25) is 0 Å². The van der Waals surface area contributed by atoms with Gasteiger partial charge in [0.05, 0.1) is 10.8 Å². The molecule has 0 saturated heterocycles. The lowest BCUT2D eigenvalue weighted by Gasteiger charge is -2.04. The number of hydrogen-bond acceptors (Lipinski definition) is 4. The number of rotatable bonds is 4. The van der Waals surface area contributed by atoms with Crippen molar-refractivity contribution in [3.05, 3.63) is 53.5 Å². The van der Waals surface area contributed by atoms with Crippen LogP contribution in [0.1, 0.15) is 27.9 Å². The molecule has 1 heterocycles. The van der Waals surface area contributed by atoms with Crippen molar-refractivity contribution in [1.29, 1.82) is 0 Å². The molecule has 0 amide bonds. The van der Waals surface area contributed by atoms with Crippen molar-refractivity contribution in [1.82, 2.24) is 9.97 Å². The number of aryl methyl sites for hydroxylation is 2. The highest BCUT2D eigenvalue weighted by molar-refractivity contribution is 7.99. The number of carbonyl (C=O) groups excluding carboxylic acids is 1. The third-order valence-corrected chi connectivity index (χ3v) is 4.27. The van der Waals surface area contributed by atoms with E-state index in [0.717, 1.165) is 23.4 Å². The minimum absolute atomic E-state index is 0.165. The standard InChI is InChI=1S/C15H14N2OS/c18-14(9-19-15-6-7-16-10-17-15)13-5-4-11-2-1-3-12(11)8-13/h4-8,10H,1-3,9H2. The summed E-state index contributed by atoms with van der Waals surface area (Å²) >= 11 is 1.46. The molecular formula is C15H14N2OS. The lowest BCUT2D eigenvalue weighted by molar-refractivity contribution is 0.102. The Kier molecular flexibility index (Phi) is 3.60. The average molecular weight is 270 g/mol. The average Bonchev–Trinajstić information content (AvgIpc) is 2.93. The van der Waals surface area contributed by atoms with Gasteiger partial charge >= 0.3 is 0 Å². The van der Waals surface area contributed by atoms with Gasteiger partial charge in [0, 0.05) is 11.8 Å². The van der Waals surface area contributed by atoms with Crippen LogP contribution in [0.15, 0.2) is 41.8 Å². The van der Waals surface area contributed by atoms with Crippen LogP contribution in [0, 0.1) is 0 Å². The summed E-state index contributed by atoms with van der Waals surface area (Å²) in [6.07, 6.45) is 6.66. The Bertz CT molecular complexity index is 598. The lowest BCUT2D eigenvalue weighted by Crippen LogP contribution is -2.03. The van der Waals surface area contributed by atoms with Crippen LogP contribution in [0.4, 0.5) is 0 Å². The Labute approximate surface area is 116 Å². The summed E-state index contributed by atoms with van der Waals surface area (Å²) in [6.45, 7) is 0. The van der Waals surface area contributed by atoms with Gasteiger partial charge in [-0.15, -0.1) is 0 Å². The van der Waals surface area contributed by atoms with Gasteiger partial charge in [0.25, 0.3) is 0 Å². The maximum Gasteiger partial charge on any atom is 0.173 e. The van der Waals surface area contributed by atoms with E-state index in [-0.39, 0.29) is 5.78 Å². The first-order valence-electron chi connectivity index (χ1n) is 6.37. The fourth-order valence-electron chi connectivity index (χ4n) is 2.33. The Balaban J connectivity index is 1.67. The maximum atomic E-state index is 12.2. The number of nitrogens with zero attached hydrogens (tertiary/aromatic N) is 2. The molecule has 1 aliphatic carbocycles. The lowest BCUT2D eigenvalue weighted by atomic mass is 10.0. The molecule has 0 N–H and O–H groups in total. The van der Waals surface area contributed by atoms with E-state index in [9.17, 15) is 4.79 Å². The van der Waals surface area contributed by atoms with Crippen molar-refractivity contribution in [2.24, 2.45) is 0 Å². The summed E-state index contributed by atoms with van der Waals surface area (Å²) < 4.78 is 0. The van der Waals surface area contributed by atoms with Gasteiger partial charge in [-0.25, -0.2) is 9.97 Å². The molecule has 96 valence electrons. The highest BCUT2D eigenvalue weighted by atomic mass is 32.2. The Morgan fingerprint density at radius 3 is 2.95 bits per heavy atom. The number of fused-ring (bicyclic) bond motifs is 1. The molecule has 0 unspecified atom stereocenters. The molecular weight excluding hydrogens is 256 g/mol. The van der Waals surface area contributed by atoms with E-state index in [1.807, 2.05) is 12.1 Å². The number of carbonyl (C=O) groups is 1. The molecule has 0 atom stereocenters. The van der Waals surface area contributed by atoms with E-state index in [1.165, 1.54) is 35.6 Å². The third kappa shape index (κ3) is 2.84. The first-order valence-corrected chi connectivity index (χ1v) is 7.35. The van der Waals surface area contributed by atoms with Crippen molar-refractivity contribution in [2.45, 2.75) is 24.3 Å². The molecule has 1 aliphatic rings. The molecule has 0 saturated carbocycles. The van der Waals surface area contributed by atoms with Crippen LogP contribution in [-0.4, -0.2) is 21.5 Å². The van der Waals surface area contributed by atoms with Crippen molar-refractivity contribution >= 4 is 17.5 Å². The number of thioether (sulfide) groups is 1. The Morgan fingerprint density at radius 2 is 2.11 bits per heavy atom. The van der Waals surface area contributed by atoms with Crippen LogP contribution in [0.2, 0.25) is 0 Å². The van der Waals surface area contributed by atoms with E-state index >= 15 is 0 Å². The normalized spacial score (nSPS) is 13.3. The third-order valence-electron chi connectivity index (χ3n) is 3.33. The molecule has 0 fully saturated rings. The van der Waals surface area contributed by atoms with Crippen molar-refractivity contribution in [3.63, 3.8) is 0 Å². The highest BCUT2D eigenvalue weighted by Crippen LogP contribution is 2.24. The van der Waals surface area contributed by atoms with E-state index in [0.29, 0.717) is 5.75 Å². The number of aromatic nitrogens is 2. The number of Topliss-reactive ketones (excluding diaryl/α,β-unsaturated/α-hetero) is 1. The Hall–Kier alpha value is -1.68. The fraction of sp³-hybridized carbons (Fsp3) is 0.267. The molecule has 0 radical (unpaired) electrons. The first kappa shape index (κ1) is 12.4. The van der Waals surface area contributed by atoms with Crippen LogP contribution in [0.5, 0.6) is 0 Å². The monoisotopic (exact) mass is 270 g/mol. The molecule has 19 heavy (non-hydrogen) atoms. The fourth-order valence-corrected chi connectivity index (χ4v) is 3.06. The SMILES string of the molecule is O=C(CSc1ccncn1)c1ccc2c(c1)CCC2. The zero-order chi connectivity index (χ0) is 13.1. The highest BCUT2D eigenvalue weighted by Gasteiger charge is 2.14. The Morgan fingerprint density at radius 1 is 1.21 bits per heavy atom. The zero-order valence-electron chi connectivity index (χ0n) is 10.5. The summed E-state index contributed by atoms with van der Waals surface area (Å²) in [5, 5.41) is 0.838. The second-order valence-corrected chi connectivity index (χ2v) is 5.59. The van der Waals surface area contributed by atoms with Gasteiger partial charge < -0.3 is 0 Å². The second kappa shape index (κ2) is 5.53. The second-order valence-electron chi connectivity index (χ2n) is 4.60. The number of ketones is 1. The summed E-state index contributed by atoms with van der Waals surface area (Å²) in [4.78, 5) is 20.1. The molecule has 2 aromatic rings. The predicted octanol–water partition coefficient (Wildman–Crippen LogP) is 2.94. The molecule has 1 aromatic heterocycles. The predicted molar refractivity (Wildman–Crippen MR) is 75.6 cm³/mol. The van der Waals surface area contributed by atoms with Gasteiger partial charge in [0.1, 0.15) is 6.33 Å². The topological polar surface area (TPSA) is 42.9 Å². The summed E-state index contributed by atoms with van der Waals surface area (Å²) in [6, 6.07) is 7.93. The van der Waals surface area contributed by atoms with E-state index in [2.05, 4.69) is 22.1 Å². The van der Waals surface area contributed by atoms with Gasteiger partial charge in [0.15, 0.2) is 5.78 Å². The molecule has 0 spiro atoms.